The molecule has 0 spiro atoms. The molecule has 4 rings (SSSR count). The molecule has 0 atom stereocenters. The molecule has 0 unspecified atom stereocenters. The Bertz CT molecular complexity index is 1250. The molecule has 5 nitrogen and oxygen atoms in total. The molecule has 0 saturated carbocycles. The van der Waals surface area contributed by atoms with E-state index in [9.17, 15) is 8.78 Å². The summed E-state index contributed by atoms with van der Waals surface area (Å²) in [7, 11) is 0. The molecule has 2 aromatic heterocycles. The van der Waals surface area contributed by atoms with Gasteiger partial charge in [0, 0.05) is 28.0 Å². The Morgan fingerprint density at radius 3 is 2.42 bits per heavy atom. The summed E-state index contributed by atoms with van der Waals surface area (Å²) in [5.41, 5.74) is 3.83. The average Bonchev–Trinajstić information content (AvgIpc) is 3.28. The molecule has 0 amide bonds. The van der Waals surface area contributed by atoms with E-state index >= 15 is 0 Å². The van der Waals surface area contributed by atoms with Crippen LogP contribution in [0.4, 0.5) is 14.5 Å². The number of alkyl halides is 2. The molecule has 0 aliphatic heterocycles. The van der Waals surface area contributed by atoms with Gasteiger partial charge in [-0.2, -0.15) is 8.78 Å². The van der Waals surface area contributed by atoms with Gasteiger partial charge in [0.25, 0.3) is 5.89 Å². The number of hydrogen-bond donors (Lipinski definition) is 1. The molecule has 154 valence electrons. The van der Waals surface area contributed by atoms with E-state index in [0.717, 1.165) is 22.5 Å². The third-order valence-electron chi connectivity index (χ3n) is 4.21. The van der Waals surface area contributed by atoms with Gasteiger partial charge in [-0.3, -0.25) is 4.98 Å². The van der Waals surface area contributed by atoms with Crippen LogP contribution in [0.1, 0.15) is 29.1 Å². The molecule has 2 heterocycles. The van der Waals surface area contributed by atoms with Crippen molar-refractivity contribution in [1.82, 2.24) is 15.2 Å². The van der Waals surface area contributed by atoms with E-state index < -0.39 is 12.3 Å². The van der Waals surface area contributed by atoms with E-state index in [1.54, 1.807) is 18.2 Å². The van der Waals surface area contributed by atoms with E-state index in [2.05, 4.69) is 32.3 Å². The minimum atomic E-state index is -2.80. The van der Waals surface area contributed by atoms with Gasteiger partial charge < -0.3 is 9.73 Å². The first kappa shape index (κ1) is 20.5. The summed E-state index contributed by atoms with van der Waals surface area (Å²) in [6, 6.07) is 18.5. The van der Waals surface area contributed by atoms with Crippen LogP contribution < -0.4 is 5.32 Å². The minimum absolute atomic E-state index is 0.00767. The number of benzene rings is 2. The average molecular weight is 437 g/mol. The van der Waals surface area contributed by atoms with Gasteiger partial charge >= 0.3 is 6.43 Å². The number of hydrogen-bond acceptors (Lipinski definition) is 5. The topological polar surface area (TPSA) is 63.8 Å². The molecular weight excluding hydrogens is 422 g/mol. The summed E-state index contributed by atoms with van der Waals surface area (Å²) in [5, 5.41) is 10.9. The summed E-state index contributed by atoms with van der Waals surface area (Å²) in [5.74, 6) is 5.51. The maximum atomic E-state index is 12.6. The van der Waals surface area contributed by atoms with Crippen molar-refractivity contribution in [2.45, 2.75) is 13.0 Å². The Balaban J connectivity index is 1.40. The molecule has 2 aromatic carbocycles. The van der Waals surface area contributed by atoms with Gasteiger partial charge in [0.15, 0.2) is 0 Å². The van der Waals surface area contributed by atoms with Crippen molar-refractivity contribution in [3.05, 3.63) is 94.6 Å². The van der Waals surface area contributed by atoms with Gasteiger partial charge in [-0.15, -0.1) is 10.2 Å². The van der Waals surface area contributed by atoms with E-state index in [4.69, 9.17) is 16.0 Å². The largest absolute Gasteiger partial charge is 0.415 e. The quantitative estimate of drug-likeness (QED) is 0.404. The van der Waals surface area contributed by atoms with Crippen LogP contribution in [0.5, 0.6) is 0 Å². The zero-order valence-corrected chi connectivity index (χ0v) is 16.8. The van der Waals surface area contributed by atoms with Crippen LogP contribution in [-0.2, 0) is 6.54 Å². The van der Waals surface area contributed by atoms with E-state index in [0.29, 0.717) is 17.1 Å². The fraction of sp³-hybridized carbons (Fsp3) is 0.0870. The van der Waals surface area contributed by atoms with Crippen LogP contribution in [0.15, 0.2) is 71.3 Å². The summed E-state index contributed by atoms with van der Waals surface area (Å²) >= 11 is 5.98. The molecule has 0 bridgehead atoms. The Kier molecular flexibility index (Phi) is 6.20. The molecule has 0 saturated heterocycles. The van der Waals surface area contributed by atoms with Crippen LogP contribution in [0, 0.1) is 11.8 Å². The predicted molar refractivity (Wildman–Crippen MR) is 114 cm³/mol. The molecule has 4 aromatic rings. The SMILES string of the molecule is FC(F)c1nnc(-c2ccc(CNc3cccc(C#Cc4cccc(Cl)c4)c3)nc2)o1. The van der Waals surface area contributed by atoms with Gasteiger partial charge in [0.05, 0.1) is 17.8 Å². The predicted octanol–water partition coefficient (Wildman–Crippen LogP) is 5.73. The highest BCUT2D eigenvalue weighted by molar-refractivity contribution is 6.30. The molecule has 31 heavy (non-hydrogen) atoms. The van der Waals surface area contributed by atoms with Crippen LogP contribution in [0.2, 0.25) is 5.02 Å². The second-order valence-corrected chi connectivity index (χ2v) is 6.92. The van der Waals surface area contributed by atoms with Crippen LogP contribution in [-0.4, -0.2) is 15.2 Å². The molecule has 8 heteroatoms. The lowest BCUT2D eigenvalue weighted by atomic mass is 10.1. The third-order valence-corrected chi connectivity index (χ3v) is 4.45. The zero-order valence-electron chi connectivity index (χ0n) is 16.0. The van der Waals surface area contributed by atoms with E-state index in [1.165, 1.54) is 6.20 Å². The van der Waals surface area contributed by atoms with E-state index in [1.807, 2.05) is 42.5 Å². The van der Waals surface area contributed by atoms with Gasteiger partial charge in [-0.25, -0.2) is 0 Å². The number of aromatic nitrogens is 3. The first-order chi connectivity index (χ1) is 15.1. The first-order valence-corrected chi connectivity index (χ1v) is 9.63. The summed E-state index contributed by atoms with van der Waals surface area (Å²) < 4.78 is 30.1. The molecule has 1 N–H and O–H groups in total. The number of halogens is 3. The Morgan fingerprint density at radius 1 is 0.968 bits per heavy atom. The molecule has 0 aliphatic rings. The van der Waals surface area contributed by atoms with Crippen LogP contribution >= 0.6 is 11.6 Å². The van der Waals surface area contributed by atoms with Crippen LogP contribution in [0.3, 0.4) is 0 Å². The van der Waals surface area contributed by atoms with Gasteiger partial charge in [-0.1, -0.05) is 35.6 Å². The first-order valence-electron chi connectivity index (χ1n) is 9.25. The Morgan fingerprint density at radius 2 is 1.74 bits per heavy atom. The lowest BCUT2D eigenvalue weighted by Crippen LogP contribution is -2.01. The number of nitrogens with zero attached hydrogens (tertiary/aromatic N) is 3. The fourth-order valence-corrected chi connectivity index (χ4v) is 2.90. The second-order valence-electron chi connectivity index (χ2n) is 6.48. The maximum Gasteiger partial charge on any atom is 0.314 e. The van der Waals surface area contributed by atoms with Crippen LogP contribution in [0.25, 0.3) is 11.5 Å². The molecule has 0 fully saturated rings. The summed E-state index contributed by atoms with van der Waals surface area (Å²) in [6.45, 7) is 0.470. The number of pyridine rings is 1. The lowest BCUT2D eigenvalue weighted by molar-refractivity contribution is 0.116. The minimum Gasteiger partial charge on any atom is -0.415 e. The van der Waals surface area contributed by atoms with Crippen molar-refractivity contribution in [3.8, 4) is 23.3 Å². The highest BCUT2D eigenvalue weighted by atomic mass is 35.5. The van der Waals surface area contributed by atoms with Gasteiger partial charge in [-0.05, 0) is 48.5 Å². The van der Waals surface area contributed by atoms with E-state index in [-0.39, 0.29) is 5.89 Å². The standard InChI is InChI=1S/C23H15ClF2N4O/c24-18-5-1-3-15(11-18)7-8-16-4-2-6-19(12-16)28-14-20-10-9-17(13-27-20)22-29-30-23(31-22)21(25)26/h1-6,9-13,21,28H,14H2. The highest BCUT2D eigenvalue weighted by Crippen LogP contribution is 2.23. The van der Waals surface area contributed by atoms with Crippen molar-refractivity contribution in [1.29, 1.82) is 0 Å². The molecule has 0 radical (unpaired) electrons. The second kappa shape index (κ2) is 9.37. The Hall–Kier alpha value is -3.76. The summed E-state index contributed by atoms with van der Waals surface area (Å²) in [6.07, 6.45) is -1.30. The lowest BCUT2D eigenvalue weighted by Gasteiger charge is -2.06. The number of anilines is 1. The molecule has 0 aliphatic carbocycles. The summed E-state index contributed by atoms with van der Waals surface area (Å²) in [4.78, 5) is 4.31. The Labute approximate surface area is 182 Å². The maximum absolute atomic E-state index is 12.6. The third kappa shape index (κ3) is 5.44. The van der Waals surface area contributed by atoms with Crippen molar-refractivity contribution >= 4 is 17.3 Å². The van der Waals surface area contributed by atoms with Crippen molar-refractivity contribution in [3.63, 3.8) is 0 Å². The smallest absolute Gasteiger partial charge is 0.314 e. The van der Waals surface area contributed by atoms with Crippen molar-refractivity contribution in [2.75, 3.05) is 5.32 Å². The van der Waals surface area contributed by atoms with Crippen molar-refractivity contribution < 1.29 is 13.2 Å². The molecular formula is C23H15ClF2N4O. The monoisotopic (exact) mass is 436 g/mol. The van der Waals surface area contributed by atoms with Gasteiger partial charge in [0.1, 0.15) is 0 Å². The number of rotatable bonds is 5. The van der Waals surface area contributed by atoms with Crippen molar-refractivity contribution in [2.24, 2.45) is 0 Å². The number of nitrogens with one attached hydrogen (secondary N) is 1. The zero-order chi connectivity index (χ0) is 21.6. The highest BCUT2D eigenvalue weighted by Gasteiger charge is 2.17. The normalized spacial score (nSPS) is 10.6. The van der Waals surface area contributed by atoms with Gasteiger partial charge in [0.2, 0.25) is 5.89 Å². The fourth-order valence-electron chi connectivity index (χ4n) is 2.71.